The normalized spacial score (nSPS) is 13.9. The highest BCUT2D eigenvalue weighted by atomic mass is 35.5. The lowest BCUT2D eigenvalue weighted by molar-refractivity contribution is -0.131. The van der Waals surface area contributed by atoms with Crippen LogP contribution in [-0.2, 0) is 4.79 Å². The third-order valence-electron chi connectivity index (χ3n) is 4.66. The molecular formula is C20H17ClF3N3O3. The topological polar surface area (TPSA) is 69.7 Å². The molecule has 158 valence electrons. The Bertz CT molecular complexity index is 995. The van der Waals surface area contributed by atoms with Gasteiger partial charge in [0.2, 0.25) is 5.91 Å². The molecule has 1 N–H and O–H groups in total. The van der Waals surface area contributed by atoms with Gasteiger partial charge in [0.15, 0.2) is 0 Å². The van der Waals surface area contributed by atoms with E-state index in [-0.39, 0.29) is 54.8 Å². The zero-order valence-corrected chi connectivity index (χ0v) is 16.4. The molecule has 1 heterocycles. The summed E-state index contributed by atoms with van der Waals surface area (Å²) >= 11 is 5.92. The Morgan fingerprint density at radius 1 is 0.867 bits per heavy atom. The van der Waals surface area contributed by atoms with Crippen LogP contribution in [0.3, 0.4) is 0 Å². The first kappa shape index (κ1) is 21.6. The van der Waals surface area contributed by atoms with Gasteiger partial charge in [-0.1, -0.05) is 11.6 Å². The van der Waals surface area contributed by atoms with Gasteiger partial charge in [-0.3, -0.25) is 14.4 Å². The van der Waals surface area contributed by atoms with Crippen molar-refractivity contribution in [3.63, 3.8) is 0 Å². The molecule has 0 spiro atoms. The minimum Gasteiger partial charge on any atom is -0.343 e. The number of nitrogens with one attached hydrogen (secondary N) is 1. The van der Waals surface area contributed by atoms with Gasteiger partial charge in [-0.15, -0.1) is 0 Å². The van der Waals surface area contributed by atoms with Gasteiger partial charge in [-0.25, -0.2) is 13.2 Å². The van der Waals surface area contributed by atoms with Gasteiger partial charge in [0, 0.05) is 32.2 Å². The molecule has 3 rings (SSSR count). The zero-order valence-electron chi connectivity index (χ0n) is 15.6. The van der Waals surface area contributed by atoms with Crippen LogP contribution < -0.4 is 5.32 Å². The second-order valence-electron chi connectivity index (χ2n) is 6.60. The van der Waals surface area contributed by atoms with Crippen LogP contribution in [0.25, 0.3) is 0 Å². The maximum atomic E-state index is 13.6. The molecule has 1 aliphatic rings. The molecule has 1 fully saturated rings. The molecule has 0 aliphatic carbocycles. The van der Waals surface area contributed by atoms with E-state index in [2.05, 4.69) is 5.32 Å². The second kappa shape index (κ2) is 9.17. The van der Waals surface area contributed by atoms with E-state index in [1.54, 1.807) is 0 Å². The lowest BCUT2D eigenvalue weighted by atomic mass is 10.1. The number of nitrogens with zero attached hydrogens (tertiary/aromatic N) is 2. The molecule has 0 radical (unpaired) electrons. The van der Waals surface area contributed by atoms with Crippen LogP contribution in [0, 0.1) is 17.5 Å². The average Bonchev–Trinajstić information content (AvgIpc) is 2.71. The maximum absolute atomic E-state index is 13.6. The second-order valence-corrected chi connectivity index (χ2v) is 7.01. The van der Waals surface area contributed by atoms with Crippen molar-refractivity contribution >= 4 is 29.3 Å². The Hall–Kier alpha value is -3.07. The average molecular weight is 440 g/mol. The highest BCUT2D eigenvalue weighted by Crippen LogP contribution is 2.20. The van der Waals surface area contributed by atoms with E-state index in [9.17, 15) is 27.6 Å². The molecule has 2 aromatic rings. The number of hydrogen-bond donors (Lipinski definition) is 1. The Morgan fingerprint density at radius 3 is 2.03 bits per heavy atom. The van der Waals surface area contributed by atoms with Crippen molar-refractivity contribution in [2.75, 3.05) is 32.7 Å². The number of amides is 3. The molecule has 1 saturated heterocycles. The van der Waals surface area contributed by atoms with Crippen molar-refractivity contribution in [2.45, 2.75) is 0 Å². The maximum Gasteiger partial charge on any atom is 0.255 e. The van der Waals surface area contributed by atoms with Crippen LogP contribution in [0.5, 0.6) is 0 Å². The van der Waals surface area contributed by atoms with E-state index >= 15 is 0 Å². The number of carbonyl (C=O) groups excluding carboxylic acids is 3. The van der Waals surface area contributed by atoms with Crippen LogP contribution in [0.15, 0.2) is 36.4 Å². The fraction of sp³-hybridized carbons (Fsp3) is 0.250. The van der Waals surface area contributed by atoms with E-state index in [4.69, 9.17) is 11.6 Å². The largest absolute Gasteiger partial charge is 0.343 e. The van der Waals surface area contributed by atoms with Crippen molar-refractivity contribution in [1.82, 2.24) is 15.1 Å². The van der Waals surface area contributed by atoms with Gasteiger partial charge < -0.3 is 15.1 Å². The monoisotopic (exact) mass is 439 g/mol. The highest BCUT2D eigenvalue weighted by molar-refractivity contribution is 6.33. The number of piperazine rings is 1. The quantitative estimate of drug-likeness (QED) is 0.795. The molecule has 0 atom stereocenters. The minimum absolute atomic E-state index is 0.00856. The molecule has 0 unspecified atom stereocenters. The van der Waals surface area contributed by atoms with E-state index in [0.717, 1.165) is 24.3 Å². The van der Waals surface area contributed by atoms with Crippen molar-refractivity contribution in [3.05, 3.63) is 70.0 Å². The first-order valence-electron chi connectivity index (χ1n) is 9.01. The predicted molar refractivity (Wildman–Crippen MR) is 103 cm³/mol. The first-order chi connectivity index (χ1) is 14.3. The Kier molecular flexibility index (Phi) is 6.61. The van der Waals surface area contributed by atoms with Crippen LogP contribution in [0.2, 0.25) is 5.02 Å². The third-order valence-corrected chi connectivity index (χ3v) is 4.97. The summed E-state index contributed by atoms with van der Waals surface area (Å²) in [4.78, 5) is 39.8. The Morgan fingerprint density at radius 2 is 1.43 bits per heavy atom. The third kappa shape index (κ3) is 4.91. The lowest BCUT2D eigenvalue weighted by Crippen LogP contribution is -2.52. The van der Waals surface area contributed by atoms with Gasteiger partial charge in [0.05, 0.1) is 22.7 Å². The number of benzene rings is 2. The molecular weight excluding hydrogens is 423 g/mol. The van der Waals surface area contributed by atoms with Gasteiger partial charge in [-0.05, 0) is 30.3 Å². The summed E-state index contributed by atoms with van der Waals surface area (Å²) in [5.41, 5.74) is -0.192. The van der Waals surface area contributed by atoms with Crippen molar-refractivity contribution < 1.29 is 27.6 Å². The molecule has 3 amide bonds. The SMILES string of the molecule is O=C(NCC(=O)N1CCN(C(=O)c2ccc(F)cc2Cl)CC1)c1ccc(F)cc1F. The first-order valence-corrected chi connectivity index (χ1v) is 9.39. The van der Waals surface area contributed by atoms with Gasteiger partial charge in [0.25, 0.3) is 11.8 Å². The summed E-state index contributed by atoms with van der Waals surface area (Å²) in [6.07, 6.45) is 0. The highest BCUT2D eigenvalue weighted by Gasteiger charge is 2.26. The van der Waals surface area contributed by atoms with Crippen molar-refractivity contribution in [2.24, 2.45) is 0 Å². The van der Waals surface area contributed by atoms with Crippen LogP contribution in [0.1, 0.15) is 20.7 Å². The van der Waals surface area contributed by atoms with E-state index < -0.39 is 29.3 Å². The standard InChI is InChI=1S/C20H17ClF3N3O3/c21-16-9-12(22)1-3-14(16)20(30)27-7-5-26(6-8-27)18(28)11-25-19(29)15-4-2-13(23)10-17(15)24/h1-4,9-10H,5-8,11H2,(H,25,29). The van der Waals surface area contributed by atoms with Crippen LogP contribution >= 0.6 is 11.6 Å². The van der Waals surface area contributed by atoms with E-state index in [0.29, 0.717) is 6.07 Å². The Balaban J connectivity index is 1.51. The molecule has 0 aromatic heterocycles. The number of rotatable bonds is 4. The van der Waals surface area contributed by atoms with Gasteiger partial charge in [-0.2, -0.15) is 0 Å². The summed E-state index contributed by atoms with van der Waals surface area (Å²) in [6.45, 7) is 0.555. The fourth-order valence-corrected chi connectivity index (χ4v) is 3.28. The number of hydrogen-bond acceptors (Lipinski definition) is 3. The number of carbonyl (C=O) groups is 3. The molecule has 1 aliphatic heterocycles. The van der Waals surface area contributed by atoms with Crippen LogP contribution in [-0.4, -0.2) is 60.2 Å². The Labute approximate surface area is 175 Å². The van der Waals surface area contributed by atoms with Crippen molar-refractivity contribution in [3.8, 4) is 0 Å². The molecule has 0 saturated carbocycles. The molecule has 6 nitrogen and oxygen atoms in total. The van der Waals surface area contributed by atoms with Crippen LogP contribution in [0.4, 0.5) is 13.2 Å². The van der Waals surface area contributed by atoms with Gasteiger partial charge in [0.1, 0.15) is 17.5 Å². The minimum atomic E-state index is -1.02. The number of halogens is 4. The van der Waals surface area contributed by atoms with Gasteiger partial charge >= 0.3 is 0 Å². The molecule has 0 bridgehead atoms. The molecule has 10 heteroatoms. The smallest absolute Gasteiger partial charge is 0.255 e. The van der Waals surface area contributed by atoms with Crippen molar-refractivity contribution in [1.29, 1.82) is 0 Å². The molecule has 2 aromatic carbocycles. The van der Waals surface area contributed by atoms with E-state index in [1.165, 1.54) is 15.9 Å². The molecule has 30 heavy (non-hydrogen) atoms. The zero-order chi connectivity index (χ0) is 21.8. The summed E-state index contributed by atoms with van der Waals surface area (Å²) in [7, 11) is 0. The predicted octanol–water partition coefficient (Wildman–Crippen LogP) is 2.47. The summed E-state index contributed by atoms with van der Waals surface area (Å²) < 4.78 is 39.7. The van der Waals surface area contributed by atoms with E-state index in [1.807, 2.05) is 0 Å². The fourth-order valence-electron chi connectivity index (χ4n) is 3.03. The summed E-state index contributed by atoms with van der Waals surface area (Å²) in [5.74, 6) is -3.99. The summed E-state index contributed by atoms with van der Waals surface area (Å²) in [5, 5.41) is 2.31. The summed E-state index contributed by atoms with van der Waals surface area (Å²) in [6, 6.07) is 6.04. The lowest BCUT2D eigenvalue weighted by Gasteiger charge is -2.35.